The number of nitriles is 1. The minimum Gasteiger partial charge on any atom is -0.493 e. The molecule has 38 heavy (non-hydrogen) atoms. The molecule has 8 nitrogen and oxygen atoms in total. The van der Waals surface area contributed by atoms with Gasteiger partial charge in [0, 0.05) is 18.7 Å². The van der Waals surface area contributed by atoms with E-state index in [4.69, 9.17) is 14.6 Å². The molecular weight excluding hydrogens is 500 g/mol. The molecule has 0 saturated carbocycles. The lowest BCUT2D eigenvalue weighted by Gasteiger charge is -2.24. The minimum absolute atomic E-state index is 0. The van der Waals surface area contributed by atoms with Crippen molar-refractivity contribution < 1.29 is 9.57 Å². The van der Waals surface area contributed by atoms with Gasteiger partial charge in [0.25, 0.3) is 0 Å². The maximum absolute atomic E-state index is 9.72. The summed E-state index contributed by atoms with van der Waals surface area (Å²) in [5.41, 5.74) is 4.45. The monoisotopic (exact) mass is 536 g/mol. The van der Waals surface area contributed by atoms with E-state index in [1.165, 1.54) is 0 Å². The number of aromatic nitrogens is 2. The van der Waals surface area contributed by atoms with E-state index in [-0.39, 0.29) is 18.4 Å². The van der Waals surface area contributed by atoms with Crippen molar-refractivity contribution in [2.24, 2.45) is 0 Å². The largest absolute Gasteiger partial charge is 0.493 e. The fraction of sp³-hybridized carbons (Fsp3) is 0.414. The summed E-state index contributed by atoms with van der Waals surface area (Å²) >= 11 is 0. The van der Waals surface area contributed by atoms with E-state index in [0.29, 0.717) is 30.5 Å². The molecule has 1 aliphatic rings. The molecule has 0 spiro atoms. The first kappa shape index (κ1) is 29.2. The highest BCUT2D eigenvalue weighted by atomic mass is 35.5. The zero-order chi connectivity index (χ0) is 26.2. The fourth-order valence-corrected chi connectivity index (χ4v) is 4.72. The highest BCUT2D eigenvalue weighted by molar-refractivity contribution is 5.85. The lowest BCUT2D eigenvalue weighted by molar-refractivity contribution is 0.156. The van der Waals surface area contributed by atoms with Crippen molar-refractivity contribution in [1.82, 2.24) is 14.9 Å². The lowest BCUT2D eigenvalue weighted by Crippen LogP contribution is -2.25. The van der Waals surface area contributed by atoms with Crippen LogP contribution in [0.5, 0.6) is 5.75 Å². The molecule has 1 aromatic heterocycles. The Morgan fingerprint density at radius 2 is 1.87 bits per heavy atom. The number of hydroxylamine groups is 1. The summed E-state index contributed by atoms with van der Waals surface area (Å²) in [6.45, 7) is 12.9. The molecule has 1 aliphatic heterocycles. The van der Waals surface area contributed by atoms with Gasteiger partial charge in [-0.2, -0.15) is 10.2 Å². The van der Waals surface area contributed by atoms with Gasteiger partial charge < -0.3 is 15.0 Å². The first-order chi connectivity index (χ1) is 18.0. The Morgan fingerprint density at radius 1 is 1.16 bits per heavy atom. The van der Waals surface area contributed by atoms with Gasteiger partial charge in [-0.25, -0.2) is 10.0 Å². The molecule has 2 aromatic carbocycles. The molecule has 4 rings (SSSR count). The van der Waals surface area contributed by atoms with Gasteiger partial charge >= 0.3 is 0 Å². The lowest BCUT2D eigenvalue weighted by atomic mass is 10.0. The molecular formula is C29H37ClN6O2. The van der Waals surface area contributed by atoms with Crippen LogP contribution in [0.15, 0.2) is 48.7 Å². The molecule has 1 atom stereocenters. The zero-order valence-electron chi connectivity index (χ0n) is 22.6. The Labute approximate surface area is 232 Å². The van der Waals surface area contributed by atoms with E-state index in [1.54, 1.807) is 11.3 Å². The second-order valence-corrected chi connectivity index (χ2v) is 9.21. The summed E-state index contributed by atoms with van der Waals surface area (Å²) in [5.74, 6) is 1.79. The Hall–Kier alpha value is -3.38. The standard InChI is InChI=1S/C29H36N6O2.ClH/c1-5-34(6-2)14-10-15-36-27-21(3)17-25(18-22(27)4)32-29-31-20-24(19-30)28(33-29)35-26(13-16-37-35)23-11-8-7-9-12-23;/h7-9,11-12,17-18,20,26H,5-6,10,13-16H2,1-4H3,(H,31,32,33);1H. The van der Waals surface area contributed by atoms with Crippen LogP contribution in [0.1, 0.15) is 55.0 Å². The maximum atomic E-state index is 9.72. The number of aryl methyl sites for hydroxylation is 2. The number of anilines is 3. The average molecular weight is 537 g/mol. The van der Waals surface area contributed by atoms with Crippen LogP contribution in [-0.4, -0.2) is 47.7 Å². The SMILES string of the molecule is CCN(CC)CCCOc1c(C)cc(Nc2ncc(C#N)c(N3OCCC3c3ccccc3)n2)cc1C.Cl. The molecule has 9 heteroatoms. The van der Waals surface area contributed by atoms with Crippen molar-refractivity contribution in [1.29, 1.82) is 5.26 Å². The van der Waals surface area contributed by atoms with Crippen molar-refractivity contribution >= 4 is 29.9 Å². The summed E-state index contributed by atoms with van der Waals surface area (Å²) in [5, 5.41) is 14.8. The van der Waals surface area contributed by atoms with Crippen molar-refractivity contribution in [3.05, 3.63) is 70.9 Å². The van der Waals surface area contributed by atoms with Gasteiger partial charge in [0.1, 0.15) is 17.4 Å². The molecule has 1 fully saturated rings. The van der Waals surface area contributed by atoms with Crippen molar-refractivity contribution in [2.75, 3.05) is 43.2 Å². The van der Waals surface area contributed by atoms with Crippen LogP contribution in [0.3, 0.4) is 0 Å². The van der Waals surface area contributed by atoms with Crippen LogP contribution < -0.4 is 15.1 Å². The molecule has 202 valence electrons. The summed E-state index contributed by atoms with van der Waals surface area (Å²) in [7, 11) is 0. The summed E-state index contributed by atoms with van der Waals surface area (Å²) in [6, 6.07) is 16.4. The number of benzene rings is 2. The van der Waals surface area contributed by atoms with Crippen LogP contribution in [0.4, 0.5) is 17.5 Å². The maximum Gasteiger partial charge on any atom is 0.229 e. The Balaban J connectivity index is 0.00000400. The summed E-state index contributed by atoms with van der Waals surface area (Å²) < 4.78 is 6.14. The van der Waals surface area contributed by atoms with E-state index >= 15 is 0 Å². The number of hydrogen-bond acceptors (Lipinski definition) is 8. The molecule has 1 N–H and O–H groups in total. The molecule has 1 unspecified atom stereocenters. The van der Waals surface area contributed by atoms with Gasteiger partial charge in [0.05, 0.1) is 25.5 Å². The van der Waals surface area contributed by atoms with E-state index in [9.17, 15) is 5.26 Å². The van der Waals surface area contributed by atoms with Gasteiger partial charge in [-0.1, -0.05) is 44.2 Å². The second kappa shape index (κ2) is 14.0. The molecule has 2 heterocycles. The Bertz CT molecular complexity index is 1210. The van der Waals surface area contributed by atoms with Crippen molar-refractivity contribution in [2.45, 2.75) is 46.6 Å². The number of halogens is 1. The summed E-state index contributed by atoms with van der Waals surface area (Å²) in [4.78, 5) is 17.4. The van der Waals surface area contributed by atoms with E-state index < -0.39 is 0 Å². The van der Waals surface area contributed by atoms with E-state index in [1.807, 2.05) is 44.2 Å². The zero-order valence-corrected chi connectivity index (χ0v) is 23.4. The van der Waals surface area contributed by atoms with Gasteiger partial charge in [-0.3, -0.25) is 4.84 Å². The van der Waals surface area contributed by atoms with Gasteiger partial charge in [0.2, 0.25) is 5.95 Å². The number of ether oxygens (including phenoxy) is 1. The predicted octanol–water partition coefficient (Wildman–Crippen LogP) is 6.12. The van der Waals surface area contributed by atoms with E-state index in [0.717, 1.165) is 60.6 Å². The van der Waals surface area contributed by atoms with Crippen LogP contribution in [0.2, 0.25) is 0 Å². The molecule has 0 aliphatic carbocycles. The molecule has 0 radical (unpaired) electrons. The molecule has 0 amide bonds. The van der Waals surface area contributed by atoms with Crippen LogP contribution in [0, 0.1) is 25.2 Å². The number of nitrogens with one attached hydrogen (secondary N) is 1. The molecule has 0 bridgehead atoms. The first-order valence-electron chi connectivity index (χ1n) is 13.0. The third-order valence-corrected chi connectivity index (χ3v) is 6.66. The van der Waals surface area contributed by atoms with Crippen LogP contribution in [-0.2, 0) is 4.84 Å². The molecule has 1 saturated heterocycles. The Kier molecular flexibility index (Phi) is 10.7. The third kappa shape index (κ3) is 6.93. The smallest absolute Gasteiger partial charge is 0.229 e. The second-order valence-electron chi connectivity index (χ2n) is 9.21. The van der Waals surface area contributed by atoms with Crippen LogP contribution >= 0.6 is 12.4 Å². The summed E-state index contributed by atoms with van der Waals surface area (Å²) in [6.07, 6.45) is 3.35. The normalized spacial score (nSPS) is 14.7. The van der Waals surface area contributed by atoms with Crippen LogP contribution in [0.25, 0.3) is 0 Å². The number of nitrogens with zero attached hydrogens (tertiary/aromatic N) is 5. The first-order valence-corrected chi connectivity index (χ1v) is 13.0. The highest BCUT2D eigenvalue weighted by Crippen LogP contribution is 2.36. The number of rotatable bonds is 11. The quantitative estimate of drug-likeness (QED) is 0.293. The van der Waals surface area contributed by atoms with Crippen molar-refractivity contribution in [3.8, 4) is 11.8 Å². The highest BCUT2D eigenvalue weighted by Gasteiger charge is 2.31. The fourth-order valence-electron chi connectivity index (χ4n) is 4.72. The van der Waals surface area contributed by atoms with Gasteiger partial charge in [-0.05, 0) is 62.2 Å². The predicted molar refractivity (Wildman–Crippen MR) is 153 cm³/mol. The average Bonchev–Trinajstić information content (AvgIpc) is 3.40. The molecule has 3 aromatic rings. The Morgan fingerprint density at radius 3 is 2.53 bits per heavy atom. The van der Waals surface area contributed by atoms with Crippen molar-refractivity contribution in [3.63, 3.8) is 0 Å². The van der Waals surface area contributed by atoms with Gasteiger partial charge in [-0.15, -0.1) is 12.4 Å². The number of hydrogen-bond donors (Lipinski definition) is 1. The van der Waals surface area contributed by atoms with E-state index in [2.05, 4.69) is 47.3 Å². The third-order valence-electron chi connectivity index (χ3n) is 6.66. The van der Waals surface area contributed by atoms with Gasteiger partial charge in [0.15, 0.2) is 5.82 Å². The topological polar surface area (TPSA) is 86.5 Å². The minimum atomic E-state index is -0.0151.